The number of nitrogens with zero attached hydrogens (tertiary/aromatic N) is 2. The molecule has 2 aliphatic heterocycles. The van der Waals surface area contributed by atoms with Crippen molar-refractivity contribution in [2.75, 3.05) is 0 Å². The summed E-state index contributed by atoms with van der Waals surface area (Å²) < 4.78 is 1.16. The van der Waals surface area contributed by atoms with Gasteiger partial charge in [0, 0.05) is 5.75 Å². The minimum atomic E-state index is 0.136. The van der Waals surface area contributed by atoms with Crippen molar-refractivity contribution < 1.29 is 0 Å². The van der Waals surface area contributed by atoms with Crippen molar-refractivity contribution in [1.29, 1.82) is 0 Å². The second kappa shape index (κ2) is 5.22. The Morgan fingerprint density at radius 1 is 1.18 bits per heavy atom. The fraction of sp³-hybridized carbons (Fsp3) is 0.182. The van der Waals surface area contributed by atoms with E-state index in [-0.39, 0.29) is 8.55 Å². The molecule has 0 bridgehead atoms. The summed E-state index contributed by atoms with van der Waals surface area (Å²) in [6, 6.07) is 10.5. The average Bonchev–Trinajstić information content (AvgIpc) is 2.84. The van der Waals surface area contributed by atoms with Gasteiger partial charge in [-0.3, -0.25) is 0 Å². The van der Waals surface area contributed by atoms with E-state index in [1.807, 2.05) is 39.4 Å². The summed E-state index contributed by atoms with van der Waals surface area (Å²) in [5, 5.41) is 2.17. The van der Waals surface area contributed by atoms with E-state index in [1.54, 1.807) is 0 Å². The number of rotatable bonds is 2. The molecule has 1 aromatic rings. The van der Waals surface area contributed by atoms with Crippen molar-refractivity contribution in [3.63, 3.8) is 0 Å². The van der Waals surface area contributed by atoms with Gasteiger partial charge in [0.25, 0.3) is 0 Å². The highest BCUT2D eigenvalue weighted by molar-refractivity contribution is 9.22. The van der Waals surface area contributed by atoms with Crippen LogP contribution in [0.4, 0.5) is 0 Å². The minimum Gasteiger partial charge on any atom is -0.219 e. The summed E-state index contributed by atoms with van der Waals surface area (Å²) in [4.78, 5) is 9.02. The molecule has 1 atom stereocenters. The van der Waals surface area contributed by atoms with E-state index >= 15 is 0 Å². The quantitative estimate of drug-likeness (QED) is 0.598. The third-order valence-corrected chi connectivity index (χ3v) is 9.45. The van der Waals surface area contributed by atoms with Gasteiger partial charge in [0.2, 0.25) is 5.11 Å². The van der Waals surface area contributed by atoms with Gasteiger partial charge in [-0.1, -0.05) is 42.1 Å². The first-order valence-corrected chi connectivity index (χ1v) is 9.97. The molecule has 88 valence electrons. The van der Waals surface area contributed by atoms with Crippen LogP contribution in [0.5, 0.6) is 0 Å². The van der Waals surface area contributed by atoms with Crippen LogP contribution in [-0.2, 0) is 5.75 Å². The Morgan fingerprint density at radius 2 is 2.00 bits per heavy atom. The van der Waals surface area contributed by atoms with E-state index in [2.05, 4.69) is 41.2 Å². The first-order chi connectivity index (χ1) is 8.31. The first-order valence-electron chi connectivity index (χ1n) is 5.10. The molecular weight excluding hydrogens is 288 g/mol. The van der Waals surface area contributed by atoms with Crippen molar-refractivity contribution in [2.45, 2.75) is 12.7 Å². The molecular formula is C11H10N2S4. The maximum atomic E-state index is 4.58. The molecule has 0 N–H and O–H groups in total. The molecule has 0 aromatic heterocycles. The van der Waals surface area contributed by atoms with Gasteiger partial charge in [0.05, 0.1) is 5.04 Å². The summed E-state index contributed by atoms with van der Waals surface area (Å²) >= 11 is 1.81. The molecule has 0 spiro atoms. The lowest BCUT2D eigenvalue weighted by atomic mass is 10.2. The van der Waals surface area contributed by atoms with Gasteiger partial charge in [0.1, 0.15) is 4.38 Å². The lowest BCUT2D eigenvalue weighted by molar-refractivity contribution is 1.43. The Hall–Kier alpha value is -0.170. The SMILES string of the molecule is CC1=NC2=S(S1)SC(SCc1ccccc1)=N2. The molecule has 3 rings (SSSR count). The first kappa shape index (κ1) is 11.9. The lowest BCUT2D eigenvalue weighted by Gasteiger charge is -2.01. The standard InChI is InChI=1S/C11H10N2S4/c1-8-12-10-13-11(16-17(10)15-8)14-7-9-5-3-2-4-6-9/h2-6H,7H2,1H3. The molecule has 0 saturated carbocycles. The summed E-state index contributed by atoms with van der Waals surface area (Å²) in [6.45, 7) is 2.05. The zero-order valence-electron chi connectivity index (χ0n) is 9.12. The maximum absolute atomic E-state index is 4.58. The van der Waals surface area contributed by atoms with E-state index in [9.17, 15) is 0 Å². The third kappa shape index (κ3) is 2.81. The topological polar surface area (TPSA) is 24.7 Å². The van der Waals surface area contributed by atoms with Gasteiger partial charge >= 0.3 is 0 Å². The van der Waals surface area contributed by atoms with Crippen molar-refractivity contribution in [3.8, 4) is 0 Å². The Bertz CT molecular complexity index is 534. The Balaban J connectivity index is 1.61. The van der Waals surface area contributed by atoms with Gasteiger partial charge in [0.15, 0.2) is 0 Å². The maximum Gasteiger partial charge on any atom is 0.201 e. The number of thioether (sulfide) groups is 1. The predicted molar refractivity (Wildman–Crippen MR) is 86.1 cm³/mol. The third-order valence-electron chi connectivity index (χ3n) is 2.14. The normalized spacial score (nSPS) is 22.4. The van der Waals surface area contributed by atoms with Gasteiger partial charge in [-0.15, -0.1) is 0 Å². The number of hydrogen-bond acceptors (Lipinski definition) is 5. The monoisotopic (exact) mass is 298 g/mol. The molecule has 0 aliphatic carbocycles. The molecule has 6 heteroatoms. The lowest BCUT2D eigenvalue weighted by Crippen LogP contribution is -1.88. The Morgan fingerprint density at radius 3 is 2.76 bits per heavy atom. The van der Waals surface area contributed by atoms with Crippen molar-refractivity contribution >= 4 is 56.4 Å². The second-order valence-electron chi connectivity index (χ2n) is 3.47. The fourth-order valence-electron chi connectivity index (χ4n) is 1.39. The second-order valence-corrected chi connectivity index (χ2v) is 10.5. The molecule has 2 nitrogen and oxygen atoms in total. The molecule has 1 unspecified atom stereocenters. The molecule has 0 fully saturated rings. The number of hydrogen-bond donors (Lipinski definition) is 0. The van der Waals surface area contributed by atoms with E-state index in [1.165, 1.54) is 5.56 Å². The van der Waals surface area contributed by atoms with Crippen LogP contribution in [-0.4, -0.2) is 14.5 Å². The van der Waals surface area contributed by atoms with Crippen molar-refractivity contribution in [2.24, 2.45) is 9.98 Å². The highest BCUT2D eigenvalue weighted by atomic mass is 33.5. The van der Waals surface area contributed by atoms with Crippen LogP contribution in [0.1, 0.15) is 12.5 Å². The molecule has 0 saturated heterocycles. The van der Waals surface area contributed by atoms with Gasteiger partial charge in [-0.25, -0.2) is 9.98 Å². The molecule has 0 amide bonds. The molecule has 1 aromatic carbocycles. The average molecular weight is 298 g/mol. The molecule has 2 aliphatic rings. The van der Waals surface area contributed by atoms with E-state index < -0.39 is 0 Å². The highest BCUT2D eigenvalue weighted by Crippen LogP contribution is 2.55. The highest BCUT2D eigenvalue weighted by Gasteiger charge is 2.24. The molecule has 17 heavy (non-hydrogen) atoms. The van der Waals surface area contributed by atoms with Crippen LogP contribution in [0.25, 0.3) is 0 Å². The number of aliphatic imine (C=N–C) groups is 2. The van der Waals surface area contributed by atoms with Crippen LogP contribution >= 0.6 is 41.9 Å². The van der Waals surface area contributed by atoms with E-state index in [0.717, 1.165) is 20.3 Å². The van der Waals surface area contributed by atoms with Crippen LogP contribution in [0.15, 0.2) is 40.3 Å². The van der Waals surface area contributed by atoms with Gasteiger partial charge in [-0.05, 0) is 42.6 Å². The summed E-state index contributed by atoms with van der Waals surface area (Å²) in [7, 11) is 3.83. The summed E-state index contributed by atoms with van der Waals surface area (Å²) in [6.07, 6.45) is 0. The Kier molecular flexibility index (Phi) is 3.65. The largest absolute Gasteiger partial charge is 0.219 e. The zero-order valence-corrected chi connectivity index (χ0v) is 12.4. The fourth-order valence-corrected chi connectivity index (χ4v) is 9.19. The summed E-state index contributed by atoms with van der Waals surface area (Å²) in [5.74, 6) is 0.991. The predicted octanol–water partition coefficient (Wildman–Crippen LogP) is 4.37. The van der Waals surface area contributed by atoms with E-state index in [4.69, 9.17) is 0 Å². The van der Waals surface area contributed by atoms with Crippen LogP contribution in [0.2, 0.25) is 0 Å². The zero-order chi connectivity index (χ0) is 11.7. The summed E-state index contributed by atoms with van der Waals surface area (Å²) in [5.41, 5.74) is 1.35. The van der Waals surface area contributed by atoms with Crippen LogP contribution in [0.3, 0.4) is 0 Å². The molecule has 0 radical (unpaired) electrons. The minimum absolute atomic E-state index is 0.136. The number of benzene rings is 1. The molecule has 2 heterocycles. The van der Waals surface area contributed by atoms with E-state index in [0.29, 0.717) is 0 Å². The van der Waals surface area contributed by atoms with Crippen LogP contribution in [0, 0.1) is 0 Å². The van der Waals surface area contributed by atoms with Crippen molar-refractivity contribution in [1.82, 2.24) is 0 Å². The smallest absolute Gasteiger partial charge is 0.201 e. The van der Waals surface area contributed by atoms with Gasteiger partial charge < -0.3 is 0 Å². The van der Waals surface area contributed by atoms with Crippen LogP contribution < -0.4 is 0 Å². The van der Waals surface area contributed by atoms with Gasteiger partial charge in [-0.2, -0.15) is 0 Å². The Labute approximate surface area is 114 Å². The van der Waals surface area contributed by atoms with Crippen molar-refractivity contribution in [3.05, 3.63) is 35.9 Å².